The molecule has 1 atom stereocenters. The maximum absolute atomic E-state index is 12.5. The third-order valence-electron chi connectivity index (χ3n) is 3.25. The SMILES string of the molecule is O=C(C[C@H](NC(=O)C(F)(F)F)c1ccccc1)c1ccccc1. The first-order valence-corrected chi connectivity index (χ1v) is 6.89. The highest BCUT2D eigenvalue weighted by Crippen LogP contribution is 2.22. The third kappa shape index (κ3) is 4.67. The fraction of sp³-hybridized carbons (Fsp3) is 0.176. The summed E-state index contributed by atoms with van der Waals surface area (Å²) in [5, 5.41) is 1.89. The Kier molecular flexibility index (Phi) is 5.16. The van der Waals surface area contributed by atoms with Crippen LogP contribution in [-0.2, 0) is 4.79 Å². The van der Waals surface area contributed by atoms with Crippen LogP contribution in [0.4, 0.5) is 13.2 Å². The zero-order chi connectivity index (χ0) is 16.9. The molecule has 0 saturated heterocycles. The minimum absolute atomic E-state index is 0.254. The average Bonchev–Trinajstić information content (AvgIpc) is 2.55. The predicted molar refractivity (Wildman–Crippen MR) is 78.8 cm³/mol. The Labute approximate surface area is 131 Å². The molecule has 0 aliphatic carbocycles. The lowest BCUT2D eigenvalue weighted by Crippen LogP contribution is -2.39. The second-order valence-corrected chi connectivity index (χ2v) is 4.93. The van der Waals surface area contributed by atoms with E-state index in [1.807, 2.05) is 5.32 Å². The number of hydrogen-bond donors (Lipinski definition) is 1. The second-order valence-electron chi connectivity index (χ2n) is 4.93. The normalized spacial score (nSPS) is 12.5. The number of carbonyl (C=O) groups is 2. The van der Waals surface area contributed by atoms with Gasteiger partial charge in [0.15, 0.2) is 5.78 Å². The first kappa shape index (κ1) is 16.7. The number of alkyl halides is 3. The number of nitrogens with one attached hydrogen (secondary N) is 1. The van der Waals surface area contributed by atoms with Gasteiger partial charge in [0.1, 0.15) is 0 Å². The van der Waals surface area contributed by atoms with E-state index in [1.165, 1.54) is 0 Å². The number of Topliss-reactive ketones (excluding diaryl/α,β-unsaturated/α-hetero) is 1. The molecule has 2 aromatic carbocycles. The Morgan fingerprint density at radius 3 is 1.96 bits per heavy atom. The largest absolute Gasteiger partial charge is 0.471 e. The number of benzene rings is 2. The highest BCUT2D eigenvalue weighted by atomic mass is 19.4. The lowest BCUT2D eigenvalue weighted by atomic mass is 9.98. The molecule has 1 N–H and O–H groups in total. The number of carbonyl (C=O) groups excluding carboxylic acids is 2. The molecule has 1 amide bonds. The van der Waals surface area contributed by atoms with E-state index in [1.54, 1.807) is 60.7 Å². The van der Waals surface area contributed by atoms with Crippen LogP contribution in [0.15, 0.2) is 60.7 Å². The molecule has 0 aliphatic heterocycles. The van der Waals surface area contributed by atoms with Gasteiger partial charge in [-0.1, -0.05) is 60.7 Å². The molecule has 0 heterocycles. The molecule has 120 valence electrons. The van der Waals surface area contributed by atoms with Crippen molar-refractivity contribution in [3.63, 3.8) is 0 Å². The predicted octanol–water partition coefficient (Wildman–Crippen LogP) is 3.68. The summed E-state index contributed by atoms with van der Waals surface area (Å²) in [4.78, 5) is 23.4. The van der Waals surface area contributed by atoms with Crippen LogP contribution in [0, 0.1) is 0 Å². The molecule has 6 heteroatoms. The molecule has 3 nitrogen and oxygen atoms in total. The summed E-state index contributed by atoms with van der Waals surface area (Å²) in [5.41, 5.74) is 0.823. The molecule has 23 heavy (non-hydrogen) atoms. The Morgan fingerprint density at radius 2 is 1.43 bits per heavy atom. The van der Waals surface area contributed by atoms with Crippen molar-refractivity contribution in [1.82, 2.24) is 5.32 Å². The lowest BCUT2D eigenvalue weighted by molar-refractivity contribution is -0.174. The quantitative estimate of drug-likeness (QED) is 0.854. The first-order valence-electron chi connectivity index (χ1n) is 6.89. The van der Waals surface area contributed by atoms with E-state index >= 15 is 0 Å². The minimum atomic E-state index is -5.00. The first-order chi connectivity index (χ1) is 10.9. The monoisotopic (exact) mass is 321 g/mol. The van der Waals surface area contributed by atoms with Gasteiger partial charge in [-0.2, -0.15) is 13.2 Å². The average molecular weight is 321 g/mol. The van der Waals surface area contributed by atoms with Gasteiger partial charge in [-0.15, -0.1) is 0 Å². The molecule has 2 aromatic rings. The van der Waals surface area contributed by atoms with Crippen LogP contribution in [0.25, 0.3) is 0 Å². The van der Waals surface area contributed by atoms with E-state index in [0.29, 0.717) is 11.1 Å². The topological polar surface area (TPSA) is 46.2 Å². The van der Waals surface area contributed by atoms with Gasteiger partial charge in [-0.05, 0) is 5.56 Å². The van der Waals surface area contributed by atoms with Crippen molar-refractivity contribution >= 4 is 11.7 Å². The number of ketones is 1. The van der Waals surface area contributed by atoms with Crippen LogP contribution in [0.5, 0.6) is 0 Å². The summed E-state index contributed by atoms with van der Waals surface area (Å²) in [6, 6.07) is 15.3. The fourth-order valence-corrected chi connectivity index (χ4v) is 2.10. The van der Waals surface area contributed by atoms with E-state index in [2.05, 4.69) is 0 Å². The molecule has 0 spiro atoms. The van der Waals surface area contributed by atoms with Crippen molar-refractivity contribution in [3.05, 3.63) is 71.8 Å². The van der Waals surface area contributed by atoms with Gasteiger partial charge in [0, 0.05) is 12.0 Å². The van der Waals surface area contributed by atoms with E-state index < -0.39 is 18.1 Å². The van der Waals surface area contributed by atoms with Gasteiger partial charge in [-0.25, -0.2) is 0 Å². The minimum Gasteiger partial charge on any atom is -0.341 e. The molecule has 0 radical (unpaired) electrons. The number of rotatable bonds is 5. The van der Waals surface area contributed by atoms with Gasteiger partial charge in [0.05, 0.1) is 6.04 Å². The van der Waals surface area contributed by atoms with Crippen molar-refractivity contribution in [1.29, 1.82) is 0 Å². The van der Waals surface area contributed by atoms with E-state index in [-0.39, 0.29) is 12.2 Å². The zero-order valence-electron chi connectivity index (χ0n) is 12.0. The smallest absolute Gasteiger partial charge is 0.341 e. The van der Waals surface area contributed by atoms with Crippen molar-refractivity contribution in [2.75, 3.05) is 0 Å². The van der Waals surface area contributed by atoms with Crippen LogP contribution in [-0.4, -0.2) is 17.9 Å². The summed E-state index contributed by atoms with van der Waals surface area (Å²) >= 11 is 0. The van der Waals surface area contributed by atoms with Gasteiger partial charge in [0.2, 0.25) is 0 Å². The van der Waals surface area contributed by atoms with Gasteiger partial charge < -0.3 is 5.32 Å². The molecule has 0 aromatic heterocycles. The summed E-state index contributed by atoms with van der Waals surface area (Å²) in [6.07, 6.45) is -5.25. The zero-order valence-corrected chi connectivity index (χ0v) is 12.0. The highest BCUT2D eigenvalue weighted by Gasteiger charge is 2.40. The van der Waals surface area contributed by atoms with Crippen LogP contribution >= 0.6 is 0 Å². The Morgan fingerprint density at radius 1 is 0.913 bits per heavy atom. The molecular formula is C17H14F3NO2. The summed E-state index contributed by atoms with van der Waals surface area (Å²) in [6.45, 7) is 0. The second kappa shape index (κ2) is 7.09. The summed E-state index contributed by atoms with van der Waals surface area (Å²) < 4.78 is 37.5. The number of amides is 1. The third-order valence-corrected chi connectivity index (χ3v) is 3.25. The fourth-order valence-electron chi connectivity index (χ4n) is 2.10. The van der Waals surface area contributed by atoms with Crippen molar-refractivity contribution in [3.8, 4) is 0 Å². The van der Waals surface area contributed by atoms with Gasteiger partial charge in [-0.3, -0.25) is 9.59 Å². The van der Waals surface area contributed by atoms with E-state index in [4.69, 9.17) is 0 Å². The maximum atomic E-state index is 12.5. The van der Waals surface area contributed by atoms with Crippen LogP contribution in [0.3, 0.4) is 0 Å². The molecule has 0 aliphatic rings. The molecule has 0 saturated carbocycles. The van der Waals surface area contributed by atoms with Crippen molar-refractivity contribution in [2.24, 2.45) is 0 Å². The Bertz CT molecular complexity index is 669. The Hall–Kier alpha value is -2.63. The van der Waals surface area contributed by atoms with Crippen LogP contribution in [0.2, 0.25) is 0 Å². The molecule has 2 rings (SSSR count). The number of hydrogen-bond acceptors (Lipinski definition) is 2. The molecule has 0 bridgehead atoms. The summed E-state index contributed by atoms with van der Waals surface area (Å²) in [5.74, 6) is -2.41. The van der Waals surface area contributed by atoms with Crippen LogP contribution < -0.4 is 5.32 Å². The molecular weight excluding hydrogens is 307 g/mol. The molecule has 0 unspecified atom stereocenters. The number of halogens is 3. The highest BCUT2D eigenvalue weighted by molar-refractivity contribution is 5.96. The standard InChI is InChI=1S/C17H14F3NO2/c18-17(19,20)16(23)21-14(12-7-3-1-4-8-12)11-15(22)13-9-5-2-6-10-13/h1-10,14H,11H2,(H,21,23)/t14-/m0/s1. The van der Waals surface area contributed by atoms with Crippen LogP contribution in [0.1, 0.15) is 28.4 Å². The van der Waals surface area contributed by atoms with E-state index in [0.717, 1.165) is 0 Å². The summed E-state index contributed by atoms with van der Waals surface area (Å²) in [7, 11) is 0. The van der Waals surface area contributed by atoms with E-state index in [9.17, 15) is 22.8 Å². The van der Waals surface area contributed by atoms with Gasteiger partial charge in [0.25, 0.3) is 0 Å². The maximum Gasteiger partial charge on any atom is 0.471 e. The van der Waals surface area contributed by atoms with Crippen molar-refractivity contribution < 1.29 is 22.8 Å². The van der Waals surface area contributed by atoms with Gasteiger partial charge >= 0.3 is 12.1 Å². The van der Waals surface area contributed by atoms with Crippen molar-refractivity contribution in [2.45, 2.75) is 18.6 Å². The molecule has 0 fully saturated rings. The lowest BCUT2D eigenvalue weighted by Gasteiger charge is -2.19. The Balaban J connectivity index is 2.21.